The molecule has 0 aromatic rings. The van der Waals surface area contributed by atoms with E-state index in [1.54, 1.807) is 0 Å². The third-order valence-corrected chi connectivity index (χ3v) is 3.22. The lowest BCUT2D eigenvalue weighted by atomic mass is 9.93. The number of amides is 1. The van der Waals surface area contributed by atoms with Crippen LogP contribution in [0.15, 0.2) is 0 Å². The summed E-state index contributed by atoms with van der Waals surface area (Å²) >= 11 is 0. The number of aliphatic carboxylic acids is 1. The van der Waals surface area contributed by atoms with Gasteiger partial charge in [0.15, 0.2) is 6.04 Å². The standard InChI is InChI=1S/C11H20N2O4/c1-3-11(5-4-6-12-11)10(16)13-8(7-17-2)9(14)15/h8,12H,3-7H2,1-2H3,(H,13,16)(H,14,15). The van der Waals surface area contributed by atoms with Crippen molar-refractivity contribution in [1.29, 1.82) is 0 Å². The Kier molecular flexibility index (Phi) is 4.89. The van der Waals surface area contributed by atoms with Crippen LogP contribution in [0.25, 0.3) is 0 Å². The molecule has 2 atom stereocenters. The van der Waals surface area contributed by atoms with Crippen LogP contribution in [0, 0.1) is 0 Å². The molecule has 1 amide bonds. The molecule has 0 spiro atoms. The Hall–Kier alpha value is -1.14. The number of carbonyl (C=O) groups is 2. The van der Waals surface area contributed by atoms with Crippen molar-refractivity contribution in [2.24, 2.45) is 0 Å². The largest absolute Gasteiger partial charge is 0.480 e. The van der Waals surface area contributed by atoms with Gasteiger partial charge < -0.3 is 20.5 Å². The normalized spacial score (nSPS) is 25.5. The first-order valence-electron chi connectivity index (χ1n) is 5.83. The van der Waals surface area contributed by atoms with Crippen molar-refractivity contribution in [2.45, 2.75) is 37.8 Å². The fourth-order valence-electron chi connectivity index (χ4n) is 2.10. The number of carboxylic acid groups (broad SMARTS) is 1. The molecule has 6 nitrogen and oxygen atoms in total. The van der Waals surface area contributed by atoms with Gasteiger partial charge in [0.05, 0.1) is 12.1 Å². The molecule has 0 aromatic heterocycles. The third-order valence-electron chi connectivity index (χ3n) is 3.22. The molecule has 1 aliphatic rings. The highest BCUT2D eigenvalue weighted by atomic mass is 16.5. The first-order chi connectivity index (χ1) is 8.05. The molecule has 1 fully saturated rings. The highest BCUT2D eigenvalue weighted by molar-refractivity contribution is 5.90. The Morgan fingerprint density at radius 2 is 2.29 bits per heavy atom. The Balaban J connectivity index is 2.65. The summed E-state index contributed by atoms with van der Waals surface area (Å²) in [6, 6.07) is -0.988. The van der Waals surface area contributed by atoms with Crippen LogP contribution in [-0.2, 0) is 14.3 Å². The Bertz CT molecular complexity index is 287. The molecular formula is C11H20N2O4. The van der Waals surface area contributed by atoms with E-state index in [0.717, 1.165) is 19.4 Å². The molecule has 1 aliphatic heterocycles. The number of ether oxygens (including phenoxy) is 1. The molecule has 17 heavy (non-hydrogen) atoms. The summed E-state index contributed by atoms with van der Waals surface area (Å²) in [5.41, 5.74) is -0.610. The van der Waals surface area contributed by atoms with E-state index in [1.165, 1.54) is 7.11 Å². The van der Waals surface area contributed by atoms with Crippen molar-refractivity contribution < 1.29 is 19.4 Å². The van der Waals surface area contributed by atoms with Crippen molar-refractivity contribution in [3.05, 3.63) is 0 Å². The highest BCUT2D eigenvalue weighted by Gasteiger charge is 2.40. The van der Waals surface area contributed by atoms with Crippen LogP contribution in [0.5, 0.6) is 0 Å². The molecule has 0 aliphatic carbocycles. The van der Waals surface area contributed by atoms with Crippen LogP contribution < -0.4 is 10.6 Å². The molecule has 98 valence electrons. The van der Waals surface area contributed by atoms with Crippen LogP contribution in [0.3, 0.4) is 0 Å². The van der Waals surface area contributed by atoms with Gasteiger partial charge in [0.25, 0.3) is 0 Å². The summed E-state index contributed by atoms with van der Waals surface area (Å²) in [6.07, 6.45) is 2.33. The molecule has 1 heterocycles. The SMILES string of the molecule is CCC1(C(=O)NC(COC)C(=O)O)CCCN1. The molecule has 1 rings (SSSR count). The fraction of sp³-hybridized carbons (Fsp3) is 0.818. The van der Waals surface area contributed by atoms with Gasteiger partial charge >= 0.3 is 5.97 Å². The average Bonchev–Trinajstić information content (AvgIpc) is 2.78. The highest BCUT2D eigenvalue weighted by Crippen LogP contribution is 2.23. The molecule has 6 heteroatoms. The maximum absolute atomic E-state index is 12.1. The summed E-state index contributed by atoms with van der Waals surface area (Å²) in [7, 11) is 1.41. The minimum atomic E-state index is -1.08. The topological polar surface area (TPSA) is 87.7 Å². The summed E-state index contributed by atoms with van der Waals surface area (Å²) < 4.78 is 4.78. The molecule has 0 saturated carbocycles. The molecule has 3 N–H and O–H groups in total. The van der Waals surface area contributed by atoms with Gasteiger partial charge in [0, 0.05) is 7.11 Å². The molecule has 0 aromatic carbocycles. The summed E-state index contributed by atoms with van der Waals surface area (Å²) in [6.45, 7) is 2.69. The van der Waals surface area contributed by atoms with Crippen molar-refractivity contribution in [3.63, 3.8) is 0 Å². The van der Waals surface area contributed by atoms with Crippen molar-refractivity contribution in [3.8, 4) is 0 Å². The van der Waals surface area contributed by atoms with E-state index in [0.29, 0.717) is 6.42 Å². The minimum Gasteiger partial charge on any atom is -0.480 e. The monoisotopic (exact) mass is 244 g/mol. The van der Waals surface area contributed by atoms with Crippen LogP contribution in [0.4, 0.5) is 0 Å². The quantitative estimate of drug-likeness (QED) is 0.599. The summed E-state index contributed by atoms with van der Waals surface area (Å²) in [4.78, 5) is 23.0. The van der Waals surface area contributed by atoms with Crippen LogP contribution in [0.1, 0.15) is 26.2 Å². The number of carboxylic acids is 1. The minimum absolute atomic E-state index is 0.0269. The third kappa shape index (κ3) is 3.17. The van der Waals surface area contributed by atoms with Crippen molar-refractivity contribution >= 4 is 11.9 Å². The Labute approximate surface area is 101 Å². The second-order valence-electron chi connectivity index (χ2n) is 4.29. The van der Waals surface area contributed by atoms with E-state index < -0.39 is 17.6 Å². The lowest BCUT2D eigenvalue weighted by Gasteiger charge is -2.28. The molecular weight excluding hydrogens is 224 g/mol. The van der Waals surface area contributed by atoms with E-state index in [4.69, 9.17) is 9.84 Å². The molecule has 1 saturated heterocycles. The summed E-state index contributed by atoms with van der Waals surface area (Å²) in [5.74, 6) is -1.33. The lowest BCUT2D eigenvalue weighted by molar-refractivity contribution is -0.144. The van der Waals surface area contributed by atoms with Crippen LogP contribution >= 0.6 is 0 Å². The lowest BCUT2D eigenvalue weighted by Crippen LogP contribution is -2.57. The first-order valence-corrected chi connectivity index (χ1v) is 5.83. The van der Waals surface area contributed by atoms with Crippen molar-refractivity contribution in [2.75, 3.05) is 20.3 Å². The maximum Gasteiger partial charge on any atom is 0.328 e. The number of carbonyl (C=O) groups excluding carboxylic acids is 1. The number of nitrogens with one attached hydrogen (secondary N) is 2. The Morgan fingerprint density at radius 1 is 1.59 bits per heavy atom. The van der Waals surface area contributed by atoms with E-state index in [9.17, 15) is 9.59 Å². The number of hydrogen-bond acceptors (Lipinski definition) is 4. The predicted octanol–water partition coefficient (Wildman–Crippen LogP) is -0.266. The number of hydrogen-bond donors (Lipinski definition) is 3. The first kappa shape index (κ1) is 13.9. The van der Waals surface area contributed by atoms with Crippen LogP contribution in [-0.4, -0.2) is 48.8 Å². The van der Waals surface area contributed by atoms with Gasteiger partial charge in [-0.05, 0) is 25.8 Å². The zero-order valence-corrected chi connectivity index (χ0v) is 10.3. The molecule has 0 radical (unpaired) electrons. The van der Waals surface area contributed by atoms with E-state index >= 15 is 0 Å². The second-order valence-corrected chi connectivity index (χ2v) is 4.29. The van der Waals surface area contributed by atoms with E-state index in [-0.39, 0.29) is 12.5 Å². The number of methoxy groups -OCH3 is 1. The fourth-order valence-corrected chi connectivity index (χ4v) is 2.10. The van der Waals surface area contributed by atoms with Crippen molar-refractivity contribution in [1.82, 2.24) is 10.6 Å². The zero-order chi connectivity index (χ0) is 12.9. The summed E-state index contributed by atoms with van der Waals surface area (Å²) in [5, 5.41) is 14.6. The zero-order valence-electron chi connectivity index (χ0n) is 10.3. The predicted molar refractivity (Wildman–Crippen MR) is 61.7 cm³/mol. The average molecular weight is 244 g/mol. The van der Waals surface area contributed by atoms with Gasteiger partial charge in [-0.3, -0.25) is 4.79 Å². The van der Waals surface area contributed by atoms with Gasteiger partial charge in [-0.1, -0.05) is 6.92 Å². The van der Waals surface area contributed by atoms with Gasteiger partial charge in [-0.25, -0.2) is 4.79 Å². The van der Waals surface area contributed by atoms with Crippen LogP contribution in [0.2, 0.25) is 0 Å². The van der Waals surface area contributed by atoms with Gasteiger partial charge in [-0.2, -0.15) is 0 Å². The molecule has 0 bridgehead atoms. The van der Waals surface area contributed by atoms with Gasteiger partial charge in [0.1, 0.15) is 0 Å². The van der Waals surface area contributed by atoms with Gasteiger partial charge in [-0.15, -0.1) is 0 Å². The number of rotatable bonds is 6. The van der Waals surface area contributed by atoms with E-state index in [2.05, 4.69) is 10.6 Å². The van der Waals surface area contributed by atoms with E-state index in [1.807, 2.05) is 6.92 Å². The molecule has 2 unspecified atom stereocenters. The maximum atomic E-state index is 12.1. The Morgan fingerprint density at radius 3 is 2.71 bits per heavy atom. The second kappa shape index (κ2) is 5.97. The van der Waals surface area contributed by atoms with Gasteiger partial charge in [0.2, 0.25) is 5.91 Å². The smallest absolute Gasteiger partial charge is 0.328 e.